The van der Waals surface area contributed by atoms with E-state index in [1.807, 2.05) is 0 Å². The first-order valence-corrected chi connectivity index (χ1v) is 12.9. The fourth-order valence-electron chi connectivity index (χ4n) is 8.03. The summed E-state index contributed by atoms with van der Waals surface area (Å²) in [6, 6.07) is 1.11. The van der Waals surface area contributed by atoms with Gasteiger partial charge in [-0.3, -0.25) is 4.79 Å². The average molecular weight is 407 g/mol. The highest BCUT2D eigenvalue weighted by molar-refractivity contribution is 7.99. The van der Waals surface area contributed by atoms with Crippen LogP contribution in [-0.2, 0) is 4.79 Å². The molecule has 28 heavy (non-hydrogen) atoms. The van der Waals surface area contributed by atoms with Crippen LogP contribution in [-0.4, -0.2) is 58.2 Å². The largest absolute Gasteiger partial charge is 0.390 e. The van der Waals surface area contributed by atoms with Crippen molar-refractivity contribution >= 4 is 17.7 Å². The number of nitrogens with one attached hydrogen (secondary N) is 1. The molecule has 4 aliphatic carbocycles. The minimum atomic E-state index is -0.574. The molecule has 4 bridgehead atoms. The second kappa shape index (κ2) is 7.16. The van der Waals surface area contributed by atoms with Crippen LogP contribution in [0.15, 0.2) is 0 Å². The smallest absolute Gasteiger partial charge is 0.226 e. The van der Waals surface area contributed by atoms with Gasteiger partial charge in [-0.25, -0.2) is 0 Å². The molecule has 1 amide bonds. The van der Waals surface area contributed by atoms with Crippen molar-refractivity contribution in [3.8, 4) is 0 Å². The molecule has 0 aromatic rings. The minimum absolute atomic E-state index is 0.216. The third-order valence-corrected chi connectivity index (χ3v) is 10.0. The maximum Gasteiger partial charge on any atom is 0.226 e. The summed E-state index contributed by atoms with van der Waals surface area (Å²) in [5.74, 6) is 3.46. The molecule has 2 aliphatic heterocycles. The van der Waals surface area contributed by atoms with E-state index < -0.39 is 5.60 Å². The Balaban J connectivity index is 1.22. The third kappa shape index (κ3) is 3.43. The summed E-state index contributed by atoms with van der Waals surface area (Å²) >= 11 is 2.10. The van der Waals surface area contributed by atoms with Crippen LogP contribution < -0.4 is 5.32 Å². The molecular formula is C23H38N2O2S. The standard InChI is InChI=1S/C23H38N2O2S/c1-2-21-11-17-12-22(14-21,16-23(27,13-17)15-21)20(26)24-18-3-7-25(8-4-18)19-5-9-28-10-6-19/h17-19,27H,2-16H2,1H3,(H,24,26). The number of rotatable bonds is 4. The second-order valence-corrected chi connectivity index (χ2v) is 12.2. The summed E-state index contributed by atoms with van der Waals surface area (Å²) in [7, 11) is 0. The lowest BCUT2D eigenvalue weighted by molar-refractivity contribution is -0.204. The first-order valence-electron chi connectivity index (χ1n) is 11.8. The number of carbonyl (C=O) groups is 1. The van der Waals surface area contributed by atoms with Gasteiger partial charge in [-0.1, -0.05) is 13.3 Å². The van der Waals surface area contributed by atoms with E-state index >= 15 is 0 Å². The fourth-order valence-corrected chi connectivity index (χ4v) is 9.11. The first kappa shape index (κ1) is 19.7. The molecule has 158 valence electrons. The molecule has 4 nitrogen and oxygen atoms in total. The van der Waals surface area contributed by atoms with Gasteiger partial charge in [0.05, 0.1) is 11.0 Å². The quantitative estimate of drug-likeness (QED) is 0.749. The second-order valence-electron chi connectivity index (χ2n) is 11.0. The zero-order valence-corrected chi connectivity index (χ0v) is 18.4. The molecule has 4 saturated carbocycles. The number of hydrogen-bond donors (Lipinski definition) is 2. The van der Waals surface area contributed by atoms with Gasteiger partial charge in [-0.15, -0.1) is 0 Å². The van der Waals surface area contributed by atoms with Crippen LogP contribution in [0.25, 0.3) is 0 Å². The van der Waals surface area contributed by atoms with E-state index in [1.165, 1.54) is 30.8 Å². The average Bonchev–Trinajstić information content (AvgIpc) is 2.67. The van der Waals surface area contributed by atoms with Gasteiger partial charge in [-0.05, 0) is 87.0 Å². The van der Waals surface area contributed by atoms with Gasteiger partial charge in [0.25, 0.3) is 0 Å². The van der Waals surface area contributed by atoms with Crippen LogP contribution in [0.3, 0.4) is 0 Å². The number of aliphatic hydroxyl groups is 1. The Hall–Kier alpha value is -0.260. The zero-order valence-electron chi connectivity index (χ0n) is 17.5. The van der Waals surface area contributed by atoms with Crippen LogP contribution in [0.4, 0.5) is 0 Å². The molecule has 6 aliphatic rings. The van der Waals surface area contributed by atoms with Crippen LogP contribution in [0, 0.1) is 16.7 Å². The van der Waals surface area contributed by atoms with Crippen LogP contribution in [0.1, 0.15) is 77.6 Å². The lowest BCUT2D eigenvalue weighted by atomic mass is 9.42. The number of amides is 1. The summed E-state index contributed by atoms with van der Waals surface area (Å²) in [6.45, 7) is 4.54. The molecule has 6 rings (SSSR count). The van der Waals surface area contributed by atoms with Crippen molar-refractivity contribution in [1.29, 1.82) is 0 Å². The first-order chi connectivity index (χ1) is 13.4. The van der Waals surface area contributed by atoms with Crippen molar-refractivity contribution in [2.75, 3.05) is 24.6 Å². The van der Waals surface area contributed by atoms with Crippen molar-refractivity contribution < 1.29 is 9.90 Å². The Morgan fingerprint density at radius 3 is 2.50 bits per heavy atom. The molecule has 4 unspecified atom stereocenters. The van der Waals surface area contributed by atoms with Crippen LogP contribution in [0.5, 0.6) is 0 Å². The van der Waals surface area contributed by atoms with Crippen molar-refractivity contribution in [3.05, 3.63) is 0 Å². The van der Waals surface area contributed by atoms with Gasteiger partial charge in [0, 0.05) is 25.2 Å². The molecule has 0 aromatic carbocycles. The number of likely N-dealkylation sites (tertiary alicyclic amines) is 1. The number of carbonyl (C=O) groups excluding carboxylic acids is 1. The van der Waals surface area contributed by atoms with E-state index in [-0.39, 0.29) is 16.7 Å². The summed E-state index contributed by atoms with van der Waals surface area (Å²) < 4.78 is 0. The topological polar surface area (TPSA) is 52.6 Å². The lowest BCUT2D eigenvalue weighted by Gasteiger charge is -2.64. The van der Waals surface area contributed by atoms with E-state index in [2.05, 4.69) is 28.9 Å². The Morgan fingerprint density at radius 1 is 1.07 bits per heavy atom. The highest BCUT2D eigenvalue weighted by Crippen LogP contribution is 2.67. The van der Waals surface area contributed by atoms with Crippen molar-refractivity contribution in [2.24, 2.45) is 16.7 Å². The molecule has 4 atom stereocenters. The SMILES string of the molecule is CCC12CC3CC(O)(C1)CC(C(=O)NC1CCN(C4CCSCC4)CC1)(C3)C2. The van der Waals surface area contributed by atoms with Gasteiger partial charge < -0.3 is 15.3 Å². The molecule has 2 heterocycles. The molecular weight excluding hydrogens is 368 g/mol. The summed E-state index contributed by atoms with van der Waals surface area (Å²) in [5.41, 5.74) is -0.648. The molecule has 6 fully saturated rings. The molecule has 0 aromatic heterocycles. The highest BCUT2D eigenvalue weighted by Gasteiger charge is 2.64. The molecule has 5 heteroatoms. The van der Waals surface area contributed by atoms with E-state index in [9.17, 15) is 9.90 Å². The van der Waals surface area contributed by atoms with E-state index in [1.54, 1.807) is 0 Å². The number of hydrogen-bond acceptors (Lipinski definition) is 4. The van der Waals surface area contributed by atoms with E-state index in [4.69, 9.17) is 0 Å². The number of piperidine rings is 1. The fraction of sp³-hybridized carbons (Fsp3) is 0.957. The van der Waals surface area contributed by atoms with E-state index in [0.717, 1.165) is 64.1 Å². The summed E-state index contributed by atoms with van der Waals surface area (Å²) in [6.07, 6.45) is 11.8. The molecule has 0 spiro atoms. The predicted octanol–water partition coefficient (Wildman–Crippen LogP) is 3.57. The predicted molar refractivity (Wildman–Crippen MR) is 114 cm³/mol. The Labute approximate surface area is 174 Å². The van der Waals surface area contributed by atoms with Gasteiger partial charge in [-0.2, -0.15) is 11.8 Å². The van der Waals surface area contributed by atoms with Gasteiger partial charge in [0.1, 0.15) is 0 Å². The Kier molecular flexibility index (Phi) is 5.04. The van der Waals surface area contributed by atoms with Gasteiger partial charge in [0.2, 0.25) is 5.91 Å². The maximum absolute atomic E-state index is 13.5. The zero-order chi connectivity index (χ0) is 19.4. The number of nitrogens with zero attached hydrogens (tertiary/aromatic N) is 1. The molecule has 2 saturated heterocycles. The highest BCUT2D eigenvalue weighted by atomic mass is 32.2. The summed E-state index contributed by atoms with van der Waals surface area (Å²) in [5, 5.41) is 14.7. The minimum Gasteiger partial charge on any atom is -0.390 e. The normalized spacial score (nSPS) is 44.7. The van der Waals surface area contributed by atoms with Crippen molar-refractivity contribution in [2.45, 2.75) is 95.2 Å². The van der Waals surface area contributed by atoms with Crippen LogP contribution >= 0.6 is 11.8 Å². The van der Waals surface area contributed by atoms with Crippen LogP contribution in [0.2, 0.25) is 0 Å². The monoisotopic (exact) mass is 406 g/mol. The Bertz CT molecular complexity index is 616. The third-order valence-electron chi connectivity index (χ3n) is 8.96. The lowest BCUT2D eigenvalue weighted by Crippen LogP contribution is -2.64. The van der Waals surface area contributed by atoms with Gasteiger partial charge in [0.15, 0.2) is 0 Å². The van der Waals surface area contributed by atoms with Gasteiger partial charge >= 0.3 is 0 Å². The van der Waals surface area contributed by atoms with Crippen molar-refractivity contribution in [1.82, 2.24) is 10.2 Å². The number of thioether (sulfide) groups is 1. The molecule has 2 N–H and O–H groups in total. The van der Waals surface area contributed by atoms with Crippen molar-refractivity contribution in [3.63, 3.8) is 0 Å². The summed E-state index contributed by atoms with van der Waals surface area (Å²) in [4.78, 5) is 16.2. The van der Waals surface area contributed by atoms with E-state index in [0.29, 0.717) is 18.4 Å². The molecule has 0 radical (unpaired) electrons. The maximum atomic E-state index is 13.5. The Morgan fingerprint density at radius 2 is 1.82 bits per heavy atom.